The van der Waals surface area contributed by atoms with Gasteiger partial charge in [-0.2, -0.15) is 5.10 Å². The number of aromatic nitrogens is 2. The highest BCUT2D eigenvalue weighted by Gasteiger charge is 2.25. The summed E-state index contributed by atoms with van der Waals surface area (Å²) in [4.78, 5) is 15.1. The summed E-state index contributed by atoms with van der Waals surface area (Å²) < 4.78 is 2.01. The van der Waals surface area contributed by atoms with Crippen LogP contribution in [0.15, 0.2) is 29.9 Å². The van der Waals surface area contributed by atoms with E-state index in [4.69, 9.17) is 0 Å². The molecule has 0 aromatic carbocycles. The minimum Gasteiger partial charge on any atom is -0.338 e. The maximum Gasteiger partial charge on any atom is 0.263 e. The van der Waals surface area contributed by atoms with Crippen LogP contribution in [-0.4, -0.2) is 33.7 Å². The Morgan fingerprint density at radius 3 is 2.79 bits per heavy atom. The first-order valence-corrected chi connectivity index (χ1v) is 7.45. The molecular formula is C14H17N3OS. The molecule has 0 N–H and O–H groups in total. The van der Waals surface area contributed by atoms with Crippen LogP contribution in [0.4, 0.5) is 0 Å². The van der Waals surface area contributed by atoms with Crippen LogP contribution in [-0.2, 0) is 0 Å². The summed E-state index contributed by atoms with van der Waals surface area (Å²) in [7, 11) is 0. The minimum absolute atomic E-state index is 0.178. The number of carbonyl (C=O) groups is 1. The van der Waals surface area contributed by atoms with E-state index in [0.29, 0.717) is 6.04 Å². The summed E-state index contributed by atoms with van der Waals surface area (Å²) >= 11 is 1.54. The van der Waals surface area contributed by atoms with Crippen LogP contribution in [0.5, 0.6) is 0 Å². The number of thiophene rings is 1. The zero-order valence-corrected chi connectivity index (χ0v) is 11.8. The van der Waals surface area contributed by atoms with Crippen LogP contribution in [0.1, 0.15) is 34.1 Å². The molecule has 0 radical (unpaired) electrons. The van der Waals surface area contributed by atoms with Crippen molar-refractivity contribution in [1.82, 2.24) is 14.7 Å². The SMILES string of the molecule is Cc1csc(C(=O)N2CCC(n3cccn3)CC2)c1. The lowest BCUT2D eigenvalue weighted by atomic mass is 10.1. The van der Waals surface area contributed by atoms with Crippen molar-refractivity contribution in [1.29, 1.82) is 0 Å². The van der Waals surface area contributed by atoms with Crippen molar-refractivity contribution in [2.24, 2.45) is 0 Å². The highest BCUT2D eigenvalue weighted by atomic mass is 32.1. The number of hydrogen-bond donors (Lipinski definition) is 0. The van der Waals surface area contributed by atoms with E-state index in [1.54, 1.807) is 11.3 Å². The Morgan fingerprint density at radius 2 is 2.21 bits per heavy atom. The number of rotatable bonds is 2. The van der Waals surface area contributed by atoms with Crippen LogP contribution in [0.25, 0.3) is 0 Å². The first-order chi connectivity index (χ1) is 9.24. The molecule has 1 aliphatic rings. The molecule has 1 fully saturated rings. The number of hydrogen-bond acceptors (Lipinski definition) is 3. The largest absolute Gasteiger partial charge is 0.338 e. The Morgan fingerprint density at radius 1 is 1.42 bits per heavy atom. The molecule has 2 aromatic heterocycles. The van der Waals surface area contributed by atoms with Crippen LogP contribution >= 0.6 is 11.3 Å². The monoisotopic (exact) mass is 275 g/mol. The Hall–Kier alpha value is -1.62. The van der Waals surface area contributed by atoms with Crippen molar-refractivity contribution in [3.63, 3.8) is 0 Å². The Labute approximate surface area is 116 Å². The zero-order chi connectivity index (χ0) is 13.2. The van der Waals surface area contributed by atoms with E-state index in [-0.39, 0.29) is 5.91 Å². The van der Waals surface area contributed by atoms with Gasteiger partial charge < -0.3 is 4.90 Å². The summed E-state index contributed by atoms with van der Waals surface area (Å²) in [6.45, 7) is 3.66. The lowest BCUT2D eigenvalue weighted by Gasteiger charge is -2.31. The molecule has 4 nitrogen and oxygen atoms in total. The predicted molar refractivity (Wildman–Crippen MR) is 75.5 cm³/mol. The molecule has 0 bridgehead atoms. The number of likely N-dealkylation sites (tertiary alicyclic amines) is 1. The van der Waals surface area contributed by atoms with E-state index in [0.717, 1.165) is 30.8 Å². The summed E-state index contributed by atoms with van der Waals surface area (Å²) in [5.74, 6) is 0.178. The maximum atomic E-state index is 12.3. The normalized spacial score (nSPS) is 16.8. The second kappa shape index (κ2) is 5.17. The van der Waals surface area contributed by atoms with Crippen LogP contribution < -0.4 is 0 Å². The summed E-state index contributed by atoms with van der Waals surface area (Å²) in [5.41, 5.74) is 1.17. The molecule has 0 unspecified atom stereocenters. The number of aryl methyl sites for hydroxylation is 1. The van der Waals surface area contributed by atoms with Gasteiger partial charge in [0.05, 0.1) is 10.9 Å². The molecule has 0 atom stereocenters. The standard InChI is InChI=1S/C14H17N3OS/c1-11-9-13(19-10-11)14(18)16-7-3-12(4-8-16)17-6-2-5-15-17/h2,5-6,9-10,12H,3-4,7-8H2,1H3. The van der Waals surface area contributed by atoms with Gasteiger partial charge in [-0.05, 0) is 42.8 Å². The van der Waals surface area contributed by atoms with Gasteiger partial charge in [0.25, 0.3) is 5.91 Å². The highest BCUT2D eigenvalue weighted by molar-refractivity contribution is 7.12. The summed E-state index contributed by atoms with van der Waals surface area (Å²) in [6.07, 6.45) is 5.78. The Bertz CT molecular complexity index is 553. The highest BCUT2D eigenvalue weighted by Crippen LogP contribution is 2.24. The molecule has 1 aliphatic heterocycles. The molecule has 19 heavy (non-hydrogen) atoms. The lowest BCUT2D eigenvalue weighted by molar-refractivity contribution is 0.0695. The lowest BCUT2D eigenvalue weighted by Crippen LogP contribution is -2.38. The van der Waals surface area contributed by atoms with Crippen molar-refractivity contribution in [3.05, 3.63) is 40.3 Å². The summed E-state index contributed by atoms with van der Waals surface area (Å²) in [5, 5.41) is 6.32. The Balaban J connectivity index is 1.62. The average molecular weight is 275 g/mol. The molecular weight excluding hydrogens is 258 g/mol. The van der Waals surface area contributed by atoms with Gasteiger partial charge in [-0.25, -0.2) is 0 Å². The number of nitrogens with zero attached hydrogens (tertiary/aromatic N) is 3. The molecule has 1 amide bonds. The molecule has 0 aliphatic carbocycles. The third-order valence-electron chi connectivity index (χ3n) is 3.59. The number of piperidine rings is 1. The van der Waals surface area contributed by atoms with Crippen molar-refractivity contribution in [2.45, 2.75) is 25.8 Å². The van der Waals surface area contributed by atoms with Gasteiger partial charge in [-0.1, -0.05) is 0 Å². The molecule has 0 saturated carbocycles. The van der Waals surface area contributed by atoms with Gasteiger partial charge in [0.1, 0.15) is 0 Å². The van der Waals surface area contributed by atoms with Gasteiger partial charge in [0.15, 0.2) is 0 Å². The topological polar surface area (TPSA) is 38.1 Å². The smallest absolute Gasteiger partial charge is 0.263 e. The van der Waals surface area contributed by atoms with Gasteiger partial charge in [-0.15, -0.1) is 11.3 Å². The Kier molecular flexibility index (Phi) is 3.38. The van der Waals surface area contributed by atoms with E-state index in [1.807, 2.05) is 46.4 Å². The fourth-order valence-corrected chi connectivity index (χ4v) is 3.39. The van der Waals surface area contributed by atoms with Gasteiger partial charge in [0.2, 0.25) is 0 Å². The third kappa shape index (κ3) is 2.56. The molecule has 1 saturated heterocycles. The first-order valence-electron chi connectivity index (χ1n) is 6.57. The molecule has 100 valence electrons. The van der Waals surface area contributed by atoms with Crippen LogP contribution in [0.2, 0.25) is 0 Å². The zero-order valence-electron chi connectivity index (χ0n) is 11.0. The van der Waals surface area contributed by atoms with Crippen molar-refractivity contribution < 1.29 is 4.79 Å². The van der Waals surface area contributed by atoms with Crippen molar-refractivity contribution >= 4 is 17.2 Å². The van der Waals surface area contributed by atoms with E-state index in [2.05, 4.69) is 5.10 Å². The molecule has 3 rings (SSSR count). The molecule has 2 aromatic rings. The first kappa shape index (κ1) is 12.4. The van der Waals surface area contributed by atoms with Crippen molar-refractivity contribution in [3.8, 4) is 0 Å². The summed E-state index contributed by atoms with van der Waals surface area (Å²) in [6, 6.07) is 4.36. The molecule has 0 spiro atoms. The van der Waals surface area contributed by atoms with E-state index in [1.165, 1.54) is 5.56 Å². The second-order valence-electron chi connectivity index (χ2n) is 5.00. The van der Waals surface area contributed by atoms with E-state index in [9.17, 15) is 4.79 Å². The predicted octanol–water partition coefficient (Wildman–Crippen LogP) is 2.73. The van der Waals surface area contributed by atoms with Gasteiger partial charge in [-0.3, -0.25) is 9.48 Å². The molecule has 3 heterocycles. The maximum absolute atomic E-state index is 12.3. The molecule has 5 heteroatoms. The van der Waals surface area contributed by atoms with Crippen molar-refractivity contribution in [2.75, 3.05) is 13.1 Å². The fourth-order valence-electron chi connectivity index (χ4n) is 2.53. The van der Waals surface area contributed by atoms with E-state index < -0.39 is 0 Å². The average Bonchev–Trinajstić information content (AvgIpc) is 3.09. The van der Waals surface area contributed by atoms with Crippen LogP contribution in [0.3, 0.4) is 0 Å². The minimum atomic E-state index is 0.178. The number of amides is 1. The van der Waals surface area contributed by atoms with Crippen LogP contribution in [0, 0.1) is 6.92 Å². The van der Waals surface area contributed by atoms with E-state index >= 15 is 0 Å². The number of carbonyl (C=O) groups excluding carboxylic acids is 1. The quantitative estimate of drug-likeness (QED) is 0.845. The van der Waals surface area contributed by atoms with Gasteiger partial charge >= 0.3 is 0 Å². The van der Waals surface area contributed by atoms with Gasteiger partial charge in [0, 0.05) is 25.5 Å². The fraction of sp³-hybridized carbons (Fsp3) is 0.429. The second-order valence-corrected chi connectivity index (χ2v) is 5.91. The third-order valence-corrected chi connectivity index (χ3v) is 4.63.